The highest BCUT2D eigenvalue weighted by Crippen LogP contribution is 2.31. The van der Waals surface area contributed by atoms with Crippen LogP contribution in [0.4, 0.5) is 0 Å². The molecule has 0 bridgehead atoms. The van der Waals surface area contributed by atoms with Crippen LogP contribution in [0.5, 0.6) is 11.5 Å². The maximum Gasteiger partial charge on any atom is 0.287 e. The van der Waals surface area contributed by atoms with E-state index in [1.54, 1.807) is 43.6 Å². The summed E-state index contributed by atoms with van der Waals surface area (Å²) in [5, 5.41) is 3.51. The van der Waals surface area contributed by atoms with Crippen molar-refractivity contribution in [2.24, 2.45) is 5.92 Å². The highest BCUT2D eigenvalue weighted by Gasteiger charge is 2.29. The van der Waals surface area contributed by atoms with Gasteiger partial charge in [-0.25, -0.2) is 8.42 Å². The molecule has 0 spiro atoms. The van der Waals surface area contributed by atoms with Crippen LogP contribution in [-0.2, 0) is 16.4 Å². The van der Waals surface area contributed by atoms with E-state index in [9.17, 15) is 13.2 Å². The fourth-order valence-electron chi connectivity index (χ4n) is 4.53. The number of carbonyl (C=O) groups excluding carboxylic acids is 1. The number of benzene rings is 2. The van der Waals surface area contributed by atoms with Crippen LogP contribution in [0.2, 0.25) is 0 Å². The minimum Gasteiger partial charge on any atom is -0.493 e. The third-order valence-electron chi connectivity index (χ3n) is 6.52. The molecule has 4 rings (SSSR count). The Hall–Kier alpha value is -3.04. The molecule has 1 fully saturated rings. The van der Waals surface area contributed by atoms with E-state index in [1.807, 2.05) is 18.2 Å². The number of rotatable bonds is 8. The summed E-state index contributed by atoms with van der Waals surface area (Å²) in [6.45, 7) is 5.30. The molecule has 1 saturated heterocycles. The van der Waals surface area contributed by atoms with Crippen LogP contribution in [0.3, 0.4) is 0 Å². The lowest BCUT2D eigenvalue weighted by Gasteiger charge is -2.30. The number of hydrogen-bond acceptors (Lipinski definition) is 6. The summed E-state index contributed by atoms with van der Waals surface area (Å²) < 4.78 is 44.3. The number of piperidine rings is 1. The van der Waals surface area contributed by atoms with Gasteiger partial charge in [-0.05, 0) is 68.0 Å². The molecule has 1 aliphatic rings. The quantitative estimate of drug-likeness (QED) is 0.499. The van der Waals surface area contributed by atoms with Gasteiger partial charge in [0.15, 0.2) is 17.3 Å². The van der Waals surface area contributed by atoms with E-state index in [1.165, 1.54) is 0 Å². The molecule has 0 radical (unpaired) electrons. The topological polar surface area (TPSA) is 98.1 Å². The average Bonchev–Trinajstić information content (AvgIpc) is 3.19. The monoisotopic (exact) mass is 500 g/mol. The number of aryl methyl sites for hydroxylation is 1. The number of carbonyl (C=O) groups is 1. The molecule has 2 aromatic carbocycles. The van der Waals surface area contributed by atoms with Crippen molar-refractivity contribution >= 4 is 26.9 Å². The first kappa shape index (κ1) is 25.1. The lowest BCUT2D eigenvalue weighted by molar-refractivity contribution is 0.0927. The standard InChI is InChI=1S/C26H32N2O6S/c1-17-6-5-13-28(16-17)35(30,31)20-8-10-22-21(15-20)18(2)25(34-22)26(29)27-12-11-19-7-9-23(32-3)24(14-19)33-4/h7-10,14-15,17H,5-6,11-13,16H2,1-4H3,(H,27,29). The lowest BCUT2D eigenvalue weighted by Crippen LogP contribution is -2.39. The average molecular weight is 501 g/mol. The van der Waals surface area contributed by atoms with Crippen molar-refractivity contribution in [3.05, 3.63) is 53.3 Å². The molecule has 1 amide bonds. The number of ether oxygens (including phenoxy) is 2. The molecule has 1 unspecified atom stereocenters. The van der Waals surface area contributed by atoms with Gasteiger partial charge in [0, 0.05) is 30.6 Å². The van der Waals surface area contributed by atoms with Crippen LogP contribution in [-0.4, -0.2) is 52.5 Å². The van der Waals surface area contributed by atoms with Gasteiger partial charge in [0.05, 0.1) is 19.1 Å². The third-order valence-corrected chi connectivity index (χ3v) is 8.38. The number of hydrogen-bond donors (Lipinski definition) is 1. The third kappa shape index (κ3) is 5.16. The molecule has 1 aromatic heterocycles. The predicted molar refractivity (Wildman–Crippen MR) is 134 cm³/mol. The van der Waals surface area contributed by atoms with E-state index < -0.39 is 10.0 Å². The van der Waals surface area contributed by atoms with Gasteiger partial charge in [0.25, 0.3) is 5.91 Å². The Balaban J connectivity index is 1.48. The van der Waals surface area contributed by atoms with Crippen molar-refractivity contribution in [3.8, 4) is 11.5 Å². The van der Waals surface area contributed by atoms with Crippen molar-refractivity contribution in [2.45, 2.75) is 38.0 Å². The molecule has 8 nitrogen and oxygen atoms in total. The molecule has 1 aliphatic heterocycles. The molecule has 9 heteroatoms. The highest BCUT2D eigenvalue weighted by atomic mass is 32.2. The second-order valence-corrected chi connectivity index (χ2v) is 11.0. The fraction of sp³-hybridized carbons (Fsp3) is 0.423. The summed E-state index contributed by atoms with van der Waals surface area (Å²) in [4.78, 5) is 13.1. The number of fused-ring (bicyclic) bond motifs is 1. The number of nitrogens with one attached hydrogen (secondary N) is 1. The van der Waals surface area contributed by atoms with E-state index >= 15 is 0 Å². The maximum absolute atomic E-state index is 13.2. The summed E-state index contributed by atoms with van der Waals surface area (Å²) in [5.41, 5.74) is 2.09. The van der Waals surface area contributed by atoms with E-state index in [0.717, 1.165) is 18.4 Å². The van der Waals surface area contributed by atoms with Gasteiger partial charge in [-0.2, -0.15) is 4.31 Å². The summed E-state index contributed by atoms with van der Waals surface area (Å²) in [5.74, 6) is 1.47. The van der Waals surface area contributed by atoms with Gasteiger partial charge in [0.1, 0.15) is 5.58 Å². The first-order chi connectivity index (χ1) is 16.7. The van der Waals surface area contributed by atoms with Crippen LogP contribution >= 0.6 is 0 Å². The Morgan fingerprint density at radius 3 is 2.63 bits per heavy atom. The summed E-state index contributed by atoms with van der Waals surface area (Å²) in [6, 6.07) is 10.4. The zero-order chi connectivity index (χ0) is 25.2. The molecular formula is C26H32N2O6S. The van der Waals surface area contributed by atoms with Gasteiger partial charge in [-0.15, -0.1) is 0 Å². The Morgan fingerprint density at radius 2 is 1.91 bits per heavy atom. The Bertz CT molecular complexity index is 1330. The van der Waals surface area contributed by atoms with E-state index in [2.05, 4.69) is 12.2 Å². The van der Waals surface area contributed by atoms with E-state index in [4.69, 9.17) is 13.9 Å². The zero-order valence-electron chi connectivity index (χ0n) is 20.6. The predicted octanol–water partition coefficient (Wildman–Crippen LogP) is 4.15. The SMILES string of the molecule is COc1ccc(CCNC(=O)c2oc3ccc(S(=O)(=O)N4CCCC(C)C4)cc3c2C)cc1OC. The van der Waals surface area contributed by atoms with Gasteiger partial charge >= 0.3 is 0 Å². The molecule has 2 heterocycles. The number of methoxy groups -OCH3 is 2. The molecule has 1 atom stereocenters. The lowest BCUT2D eigenvalue weighted by atomic mass is 10.0. The van der Waals surface area contributed by atoms with Crippen molar-refractivity contribution in [1.29, 1.82) is 0 Å². The highest BCUT2D eigenvalue weighted by molar-refractivity contribution is 7.89. The Labute approximate surface area is 206 Å². The van der Waals surface area contributed by atoms with Crippen LogP contribution < -0.4 is 14.8 Å². The molecule has 0 aliphatic carbocycles. The number of amides is 1. The van der Waals surface area contributed by atoms with Crippen LogP contribution in [0, 0.1) is 12.8 Å². The van der Waals surface area contributed by atoms with Gasteiger partial charge in [-0.3, -0.25) is 4.79 Å². The molecule has 188 valence electrons. The van der Waals surface area contributed by atoms with E-state index in [0.29, 0.717) is 60.0 Å². The minimum atomic E-state index is -3.60. The molecule has 3 aromatic rings. The van der Waals surface area contributed by atoms with Crippen molar-refractivity contribution in [1.82, 2.24) is 9.62 Å². The Morgan fingerprint density at radius 1 is 1.14 bits per heavy atom. The van der Waals surface area contributed by atoms with Gasteiger partial charge in [-0.1, -0.05) is 13.0 Å². The molecule has 1 N–H and O–H groups in total. The summed E-state index contributed by atoms with van der Waals surface area (Å²) in [7, 11) is -0.434. The van der Waals surface area contributed by atoms with Crippen LogP contribution in [0.15, 0.2) is 45.7 Å². The molecule has 0 saturated carbocycles. The smallest absolute Gasteiger partial charge is 0.287 e. The maximum atomic E-state index is 13.2. The largest absolute Gasteiger partial charge is 0.493 e. The van der Waals surface area contributed by atoms with Crippen molar-refractivity contribution in [2.75, 3.05) is 33.9 Å². The fourth-order valence-corrected chi connectivity index (χ4v) is 6.15. The number of furan rings is 1. The first-order valence-corrected chi connectivity index (χ1v) is 13.2. The summed E-state index contributed by atoms with van der Waals surface area (Å²) >= 11 is 0. The molecule has 35 heavy (non-hydrogen) atoms. The molecular weight excluding hydrogens is 468 g/mol. The second kappa shape index (κ2) is 10.3. The van der Waals surface area contributed by atoms with Gasteiger partial charge in [0.2, 0.25) is 10.0 Å². The van der Waals surface area contributed by atoms with Gasteiger partial charge < -0.3 is 19.2 Å². The van der Waals surface area contributed by atoms with Crippen molar-refractivity contribution < 1.29 is 27.1 Å². The van der Waals surface area contributed by atoms with Crippen LogP contribution in [0.25, 0.3) is 11.0 Å². The normalized spacial score (nSPS) is 16.9. The summed E-state index contributed by atoms with van der Waals surface area (Å²) in [6.07, 6.45) is 2.50. The minimum absolute atomic E-state index is 0.188. The van der Waals surface area contributed by atoms with Crippen molar-refractivity contribution in [3.63, 3.8) is 0 Å². The zero-order valence-corrected chi connectivity index (χ0v) is 21.4. The first-order valence-electron chi connectivity index (χ1n) is 11.8. The van der Waals surface area contributed by atoms with Crippen LogP contribution in [0.1, 0.15) is 41.4 Å². The Kier molecular flexibility index (Phi) is 7.37. The van der Waals surface area contributed by atoms with E-state index in [-0.39, 0.29) is 16.6 Å². The number of sulfonamides is 1. The number of nitrogens with zero attached hydrogens (tertiary/aromatic N) is 1. The second-order valence-electron chi connectivity index (χ2n) is 9.02.